The Hall–Kier alpha value is -2.82. The van der Waals surface area contributed by atoms with E-state index >= 15 is 0 Å². The highest BCUT2D eigenvalue weighted by atomic mass is 16.6. The quantitative estimate of drug-likeness (QED) is 0.858. The van der Waals surface area contributed by atoms with E-state index in [0.717, 1.165) is 16.0 Å². The Kier molecular flexibility index (Phi) is 4.93. The summed E-state index contributed by atoms with van der Waals surface area (Å²) in [6.45, 7) is 0.205. The monoisotopic (exact) mass is 285 g/mol. The number of rotatable bonds is 5. The van der Waals surface area contributed by atoms with Crippen LogP contribution in [-0.2, 0) is 22.7 Å². The van der Waals surface area contributed by atoms with Crippen LogP contribution in [0.4, 0.5) is 4.79 Å². The Labute approximate surface area is 122 Å². The minimum Gasteiger partial charge on any atom is -0.508 e. The molecule has 0 heterocycles. The van der Waals surface area contributed by atoms with E-state index in [1.54, 1.807) is 12.1 Å². The van der Waals surface area contributed by atoms with Crippen LogP contribution in [0, 0.1) is 0 Å². The SMILES string of the molecule is O=CN(Cc1ccc(O)cc1)C(=O)OCc1ccccc1. The fourth-order valence-corrected chi connectivity index (χ4v) is 1.75. The molecule has 0 fully saturated rings. The van der Waals surface area contributed by atoms with Crippen molar-refractivity contribution in [2.75, 3.05) is 0 Å². The van der Waals surface area contributed by atoms with Crippen molar-refractivity contribution < 1.29 is 19.4 Å². The lowest BCUT2D eigenvalue weighted by atomic mass is 10.2. The van der Waals surface area contributed by atoms with Gasteiger partial charge in [0.05, 0.1) is 6.54 Å². The molecule has 0 aliphatic heterocycles. The summed E-state index contributed by atoms with van der Waals surface area (Å²) in [5.41, 5.74) is 1.57. The molecule has 0 atom stereocenters. The third-order valence-corrected chi connectivity index (χ3v) is 2.86. The maximum Gasteiger partial charge on any atom is 0.416 e. The van der Waals surface area contributed by atoms with Gasteiger partial charge in [0.25, 0.3) is 0 Å². The number of nitrogens with zero attached hydrogens (tertiary/aromatic N) is 1. The number of ether oxygens (including phenoxy) is 1. The van der Waals surface area contributed by atoms with Crippen molar-refractivity contribution in [1.82, 2.24) is 4.90 Å². The first-order chi connectivity index (χ1) is 10.2. The van der Waals surface area contributed by atoms with Crippen molar-refractivity contribution in [3.63, 3.8) is 0 Å². The van der Waals surface area contributed by atoms with E-state index in [9.17, 15) is 14.7 Å². The summed E-state index contributed by atoms with van der Waals surface area (Å²) in [5.74, 6) is 0.128. The highest BCUT2D eigenvalue weighted by Gasteiger charge is 2.14. The Morgan fingerprint density at radius 2 is 1.71 bits per heavy atom. The van der Waals surface area contributed by atoms with Gasteiger partial charge in [0.15, 0.2) is 0 Å². The number of carbonyl (C=O) groups is 2. The Morgan fingerprint density at radius 1 is 1.05 bits per heavy atom. The predicted molar refractivity (Wildman–Crippen MR) is 76.3 cm³/mol. The Bertz CT molecular complexity index is 595. The van der Waals surface area contributed by atoms with Crippen LogP contribution in [0.2, 0.25) is 0 Å². The minimum absolute atomic E-state index is 0.0946. The molecule has 0 saturated carbocycles. The standard InChI is InChI=1S/C16H15NO4/c18-12-17(10-13-6-8-15(19)9-7-13)16(20)21-11-14-4-2-1-3-5-14/h1-9,12,19H,10-11H2. The molecule has 2 aromatic carbocycles. The highest BCUT2D eigenvalue weighted by Crippen LogP contribution is 2.12. The first-order valence-electron chi connectivity index (χ1n) is 6.39. The molecular formula is C16H15NO4. The second-order valence-electron chi connectivity index (χ2n) is 4.44. The van der Waals surface area contributed by atoms with Crippen LogP contribution in [-0.4, -0.2) is 22.5 Å². The van der Waals surface area contributed by atoms with Gasteiger partial charge in [0, 0.05) is 0 Å². The molecule has 2 rings (SSSR count). The fraction of sp³-hybridized carbons (Fsp3) is 0.125. The number of phenolic OH excluding ortho intramolecular Hbond substituents is 1. The Morgan fingerprint density at radius 3 is 2.33 bits per heavy atom. The smallest absolute Gasteiger partial charge is 0.416 e. The molecule has 0 aromatic heterocycles. The van der Waals surface area contributed by atoms with Crippen LogP contribution in [0.25, 0.3) is 0 Å². The number of imide groups is 1. The predicted octanol–water partition coefficient (Wildman–Crippen LogP) is 2.69. The number of aromatic hydroxyl groups is 1. The van der Waals surface area contributed by atoms with Gasteiger partial charge in [0.2, 0.25) is 6.41 Å². The summed E-state index contributed by atoms with van der Waals surface area (Å²) >= 11 is 0. The second kappa shape index (κ2) is 7.09. The summed E-state index contributed by atoms with van der Waals surface area (Å²) < 4.78 is 5.08. The molecule has 21 heavy (non-hydrogen) atoms. The third kappa shape index (κ3) is 4.35. The van der Waals surface area contributed by atoms with Crippen molar-refractivity contribution in [3.8, 4) is 5.75 Å². The van der Waals surface area contributed by atoms with Gasteiger partial charge in [-0.2, -0.15) is 0 Å². The summed E-state index contributed by atoms with van der Waals surface area (Å²) in [4.78, 5) is 23.8. The average molecular weight is 285 g/mol. The topological polar surface area (TPSA) is 66.8 Å². The number of hydrogen-bond donors (Lipinski definition) is 1. The molecule has 108 valence electrons. The lowest BCUT2D eigenvalue weighted by Gasteiger charge is -2.15. The van der Waals surface area contributed by atoms with Gasteiger partial charge in [0.1, 0.15) is 12.4 Å². The van der Waals surface area contributed by atoms with Crippen molar-refractivity contribution in [1.29, 1.82) is 0 Å². The minimum atomic E-state index is -0.707. The van der Waals surface area contributed by atoms with Crippen LogP contribution in [0.15, 0.2) is 54.6 Å². The van der Waals surface area contributed by atoms with Crippen molar-refractivity contribution in [3.05, 3.63) is 65.7 Å². The summed E-state index contributed by atoms with van der Waals surface area (Å²) in [5, 5.41) is 9.19. The molecule has 0 radical (unpaired) electrons. The second-order valence-corrected chi connectivity index (χ2v) is 4.44. The summed E-state index contributed by atoms with van der Waals surface area (Å²) in [6, 6.07) is 15.5. The van der Waals surface area contributed by atoms with E-state index in [4.69, 9.17) is 4.74 Å². The molecule has 0 bridgehead atoms. The molecule has 5 nitrogen and oxygen atoms in total. The molecule has 0 spiro atoms. The van der Waals surface area contributed by atoms with Gasteiger partial charge in [-0.15, -0.1) is 0 Å². The van der Waals surface area contributed by atoms with E-state index in [0.29, 0.717) is 6.41 Å². The lowest BCUT2D eigenvalue weighted by molar-refractivity contribution is -0.117. The van der Waals surface area contributed by atoms with E-state index in [1.165, 1.54) is 12.1 Å². The van der Waals surface area contributed by atoms with Gasteiger partial charge >= 0.3 is 6.09 Å². The van der Waals surface area contributed by atoms with E-state index < -0.39 is 6.09 Å². The molecule has 5 heteroatoms. The van der Waals surface area contributed by atoms with Crippen LogP contribution in [0.5, 0.6) is 5.75 Å². The zero-order valence-electron chi connectivity index (χ0n) is 11.3. The largest absolute Gasteiger partial charge is 0.508 e. The molecule has 2 aromatic rings. The van der Waals surface area contributed by atoms with Crippen LogP contribution < -0.4 is 0 Å². The average Bonchev–Trinajstić information content (AvgIpc) is 2.53. The normalized spacial score (nSPS) is 9.90. The summed E-state index contributed by atoms with van der Waals surface area (Å²) in [6.07, 6.45) is -0.276. The van der Waals surface area contributed by atoms with E-state index in [-0.39, 0.29) is 18.9 Å². The maximum absolute atomic E-state index is 11.8. The van der Waals surface area contributed by atoms with Crippen LogP contribution in [0.3, 0.4) is 0 Å². The number of amides is 2. The zero-order chi connectivity index (χ0) is 15.1. The van der Waals surface area contributed by atoms with E-state index in [1.807, 2.05) is 30.3 Å². The van der Waals surface area contributed by atoms with Gasteiger partial charge < -0.3 is 9.84 Å². The molecular weight excluding hydrogens is 270 g/mol. The van der Waals surface area contributed by atoms with Crippen molar-refractivity contribution >= 4 is 12.5 Å². The molecule has 0 aliphatic carbocycles. The van der Waals surface area contributed by atoms with Crippen LogP contribution in [0.1, 0.15) is 11.1 Å². The first-order valence-corrected chi connectivity index (χ1v) is 6.39. The van der Waals surface area contributed by atoms with Gasteiger partial charge in [-0.1, -0.05) is 42.5 Å². The lowest BCUT2D eigenvalue weighted by Crippen LogP contribution is -2.29. The third-order valence-electron chi connectivity index (χ3n) is 2.86. The van der Waals surface area contributed by atoms with E-state index in [2.05, 4.69) is 0 Å². The number of phenols is 1. The number of benzene rings is 2. The fourth-order valence-electron chi connectivity index (χ4n) is 1.75. The molecule has 0 saturated heterocycles. The molecule has 1 N–H and O–H groups in total. The number of carbonyl (C=O) groups excluding carboxylic acids is 2. The molecule has 0 unspecified atom stereocenters. The van der Waals surface area contributed by atoms with Crippen molar-refractivity contribution in [2.24, 2.45) is 0 Å². The Balaban J connectivity index is 1.92. The number of hydrogen-bond acceptors (Lipinski definition) is 4. The van der Waals surface area contributed by atoms with Crippen LogP contribution >= 0.6 is 0 Å². The van der Waals surface area contributed by atoms with Gasteiger partial charge in [-0.25, -0.2) is 9.69 Å². The molecule has 0 aliphatic rings. The maximum atomic E-state index is 11.8. The first kappa shape index (κ1) is 14.6. The highest BCUT2D eigenvalue weighted by molar-refractivity contribution is 5.80. The zero-order valence-corrected chi connectivity index (χ0v) is 11.3. The van der Waals surface area contributed by atoms with Gasteiger partial charge in [-0.05, 0) is 23.3 Å². The van der Waals surface area contributed by atoms with Crippen molar-refractivity contribution in [2.45, 2.75) is 13.2 Å². The molecule has 2 amide bonds. The van der Waals surface area contributed by atoms with Gasteiger partial charge in [-0.3, -0.25) is 4.79 Å². The summed E-state index contributed by atoms with van der Waals surface area (Å²) in [7, 11) is 0.